The summed E-state index contributed by atoms with van der Waals surface area (Å²) in [5, 5.41) is 5.14. The fraction of sp³-hybridized carbons (Fsp3) is 0.167. The Hall–Kier alpha value is -4.61. The first-order valence-electron chi connectivity index (χ1n) is 10.6. The van der Waals surface area contributed by atoms with Crippen molar-refractivity contribution in [3.05, 3.63) is 65.1 Å². The lowest BCUT2D eigenvalue weighted by atomic mass is 10.1. The molecule has 0 spiro atoms. The minimum atomic E-state index is -4.58. The maximum atomic E-state index is 13.8. The van der Waals surface area contributed by atoms with Crippen molar-refractivity contribution in [1.29, 1.82) is 0 Å². The second-order valence-electron chi connectivity index (χ2n) is 8.00. The maximum Gasteiger partial charge on any atom is 0.422 e. The first-order chi connectivity index (χ1) is 17.1. The quantitative estimate of drug-likeness (QED) is 0.393. The van der Waals surface area contributed by atoms with Gasteiger partial charge in [0.05, 0.1) is 24.0 Å². The third kappa shape index (κ3) is 4.28. The fourth-order valence-corrected chi connectivity index (χ4v) is 3.84. The number of nitrogens with two attached hydrogens (primary N) is 1. The van der Waals surface area contributed by atoms with Crippen LogP contribution in [-0.2, 0) is 7.05 Å². The van der Waals surface area contributed by atoms with Crippen LogP contribution in [0.5, 0.6) is 11.6 Å². The highest BCUT2D eigenvalue weighted by Gasteiger charge is 2.29. The summed E-state index contributed by atoms with van der Waals surface area (Å²) in [6.07, 6.45) is -2.77. The predicted octanol–water partition coefficient (Wildman–Crippen LogP) is 3.87. The average molecular weight is 496 g/mol. The van der Waals surface area contributed by atoms with E-state index in [9.17, 15) is 18.0 Å². The fourth-order valence-electron chi connectivity index (χ4n) is 3.84. The van der Waals surface area contributed by atoms with Gasteiger partial charge in [0, 0.05) is 30.3 Å². The van der Waals surface area contributed by atoms with E-state index in [1.54, 1.807) is 54.2 Å². The van der Waals surface area contributed by atoms with Gasteiger partial charge < -0.3 is 15.2 Å². The molecule has 2 N–H and O–H groups in total. The predicted molar refractivity (Wildman–Crippen MR) is 127 cm³/mol. The van der Waals surface area contributed by atoms with Gasteiger partial charge in [-0.25, -0.2) is 4.98 Å². The molecule has 0 saturated heterocycles. The average Bonchev–Trinajstić information content (AvgIpc) is 3.21. The van der Waals surface area contributed by atoms with Gasteiger partial charge in [0.1, 0.15) is 17.0 Å². The minimum Gasteiger partial charge on any atom is -0.497 e. The Morgan fingerprint density at radius 2 is 1.81 bits per heavy atom. The number of methoxy groups -OCH3 is 1. The van der Waals surface area contributed by atoms with Crippen molar-refractivity contribution in [2.45, 2.75) is 6.18 Å². The van der Waals surface area contributed by atoms with Crippen LogP contribution in [0.25, 0.3) is 39.0 Å². The van der Waals surface area contributed by atoms with Gasteiger partial charge in [-0.15, -0.1) is 0 Å². The van der Waals surface area contributed by atoms with Gasteiger partial charge >= 0.3 is 6.18 Å². The molecule has 0 atom stereocenters. The molecule has 5 aromatic rings. The van der Waals surface area contributed by atoms with Crippen LogP contribution in [0.15, 0.2) is 59.5 Å². The van der Waals surface area contributed by atoms with Gasteiger partial charge in [0.2, 0.25) is 5.88 Å². The van der Waals surface area contributed by atoms with Crippen molar-refractivity contribution in [3.8, 4) is 28.6 Å². The van der Waals surface area contributed by atoms with E-state index in [1.807, 2.05) is 6.20 Å². The molecule has 36 heavy (non-hydrogen) atoms. The van der Waals surface area contributed by atoms with Gasteiger partial charge in [0.25, 0.3) is 5.56 Å². The van der Waals surface area contributed by atoms with E-state index < -0.39 is 18.3 Å². The van der Waals surface area contributed by atoms with Crippen LogP contribution in [0.3, 0.4) is 0 Å². The van der Waals surface area contributed by atoms with Crippen LogP contribution in [0.2, 0.25) is 0 Å². The van der Waals surface area contributed by atoms with Crippen molar-refractivity contribution >= 4 is 27.8 Å². The van der Waals surface area contributed by atoms with Crippen LogP contribution in [-0.4, -0.2) is 44.2 Å². The molecule has 5 rings (SSSR count). The number of nitrogens with zero attached hydrogens (tertiary/aromatic N) is 5. The zero-order valence-electron chi connectivity index (χ0n) is 19.1. The summed E-state index contributed by atoms with van der Waals surface area (Å²) in [5.74, 6) is 0.166. The number of halogens is 3. The molecule has 0 amide bonds. The smallest absolute Gasteiger partial charge is 0.422 e. The van der Waals surface area contributed by atoms with Gasteiger partial charge in [-0.1, -0.05) is 6.07 Å². The van der Waals surface area contributed by atoms with Crippen molar-refractivity contribution in [3.63, 3.8) is 0 Å². The minimum absolute atomic E-state index is 0.00291. The largest absolute Gasteiger partial charge is 0.497 e. The van der Waals surface area contributed by atoms with Crippen LogP contribution in [0.4, 0.5) is 18.9 Å². The zero-order chi connectivity index (χ0) is 25.6. The van der Waals surface area contributed by atoms with Crippen LogP contribution < -0.4 is 20.8 Å². The normalized spacial score (nSPS) is 11.8. The molecule has 3 aromatic heterocycles. The topological polar surface area (TPSA) is 110 Å². The number of benzene rings is 2. The zero-order valence-corrected chi connectivity index (χ0v) is 19.1. The lowest BCUT2D eigenvalue weighted by Crippen LogP contribution is -2.24. The lowest BCUT2D eigenvalue weighted by Gasteiger charge is -2.15. The third-order valence-corrected chi connectivity index (χ3v) is 5.43. The van der Waals surface area contributed by atoms with Crippen molar-refractivity contribution < 1.29 is 22.6 Å². The van der Waals surface area contributed by atoms with E-state index >= 15 is 0 Å². The summed E-state index contributed by atoms with van der Waals surface area (Å²) in [7, 11) is 3.29. The Bertz CT molecular complexity index is 1660. The number of nitrogen functional groups attached to an aromatic ring is 1. The van der Waals surface area contributed by atoms with E-state index in [0.29, 0.717) is 17.0 Å². The van der Waals surface area contributed by atoms with Crippen LogP contribution >= 0.6 is 0 Å². The number of hydrogen-bond acceptors (Lipinski definition) is 7. The summed E-state index contributed by atoms with van der Waals surface area (Å²) >= 11 is 0. The molecule has 0 aliphatic rings. The molecule has 0 fully saturated rings. The molecule has 2 aromatic carbocycles. The highest BCUT2D eigenvalue weighted by atomic mass is 19.4. The Morgan fingerprint density at radius 3 is 2.50 bits per heavy atom. The summed E-state index contributed by atoms with van der Waals surface area (Å²) in [6, 6.07) is 12.9. The first kappa shape index (κ1) is 23.1. The Labute approximate surface area is 201 Å². The molecule has 12 heteroatoms. The van der Waals surface area contributed by atoms with Crippen molar-refractivity contribution in [2.75, 3.05) is 19.5 Å². The van der Waals surface area contributed by atoms with Gasteiger partial charge in [0.15, 0.2) is 12.3 Å². The summed E-state index contributed by atoms with van der Waals surface area (Å²) < 4.78 is 51.0. The first-order valence-corrected chi connectivity index (χ1v) is 10.6. The second-order valence-corrected chi connectivity index (χ2v) is 8.00. The number of pyridine rings is 1. The lowest BCUT2D eigenvalue weighted by molar-refractivity contribution is -0.154. The van der Waals surface area contributed by atoms with Crippen LogP contribution in [0.1, 0.15) is 0 Å². The molecule has 0 unspecified atom stereocenters. The molecular formula is C24H19F3N6O3. The molecule has 3 heterocycles. The maximum absolute atomic E-state index is 13.8. The second kappa shape index (κ2) is 8.56. The third-order valence-electron chi connectivity index (χ3n) is 5.43. The number of aromatic nitrogens is 5. The number of hydrogen-bond donors (Lipinski definition) is 1. The molecule has 0 saturated carbocycles. The van der Waals surface area contributed by atoms with E-state index in [-0.39, 0.29) is 28.4 Å². The molecule has 0 bridgehead atoms. The van der Waals surface area contributed by atoms with E-state index in [4.69, 9.17) is 15.2 Å². The number of aryl methyl sites for hydroxylation is 1. The van der Waals surface area contributed by atoms with Gasteiger partial charge in [-0.2, -0.15) is 23.3 Å². The molecular weight excluding hydrogens is 477 g/mol. The number of ether oxygens (including phenoxy) is 2. The van der Waals surface area contributed by atoms with E-state index in [2.05, 4.69) is 15.1 Å². The number of fused-ring (bicyclic) bond motifs is 2. The highest BCUT2D eigenvalue weighted by Crippen LogP contribution is 2.29. The summed E-state index contributed by atoms with van der Waals surface area (Å²) in [4.78, 5) is 22.4. The highest BCUT2D eigenvalue weighted by molar-refractivity contribution is 5.89. The summed E-state index contributed by atoms with van der Waals surface area (Å²) in [6.45, 7) is -1.56. The standard InChI is InChI=1S/C24H19F3N6O3/c1-32-11-14-9-13(3-8-18(14)31-32)20-23(34)33(15-4-6-16(35-2)7-5-15)22-21(30-20)17(28)10-19(29-22)36-12-24(25,26)27/h3-11H,12H2,1-2H3,(H2,28,29). The van der Waals surface area contributed by atoms with Crippen molar-refractivity contribution in [1.82, 2.24) is 24.3 Å². The van der Waals surface area contributed by atoms with Gasteiger partial charge in [-0.3, -0.25) is 14.0 Å². The SMILES string of the molecule is COc1ccc(-n2c(=O)c(-c3ccc4nn(C)cc4c3)nc3c(N)cc(OCC(F)(F)F)nc32)cc1. The number of anilines is 1. The number of rotatable bonds is 5. The molecule has 9 nitrogen and oxygen atoms in total. The van der Waals surface area contributed by atoms with Crippen molar-refractivity contribution in [2.24, 2.45) is 7.05 Å². The van der Waals surface area contributed by atoms with E-state index in [0.717, 1.165) is 17.0 Å². The Kier molecular flexibility index (Phi) is 5.50. The number of alkyl halides is 3. The monoisotopic (exact) mass is 496 g/mol. The molecule has 0 aliphatic carbocycles. The summed E-state index contributed by atoms with van der Waals surface area (Å²) in [5.41, 5.74) is 7.43. The van der Waals surface area contributed by atoms with E-state index in [1.165, 1.54) is 11.7 Å². The van der Waals surface area contributed by atoms with Crippen LogP contribution in [0, 0.1) is 0 Å². The Balaban J connectivity index is 1.77. The molecule has 0 aliphatic heterocycles. The Morgan fingerprint density at radius 1 is 1.06 bits per heavy atom. The molecule has 0 radical (unpaired) electrons. The van der Waals surface area contributed by atoms with Gasteiger partial charge in [-0.05, 0) is 36.4 Å². The molecule has 184 valence electrons.